The highest BCUT2D eigenvalue weighted by Crippen LogP contribution is 2.19. The van der Waals surface area contributed by atoms with E-state index in [-0.39, 0.29) is 112 Å². The van der Waals surface area contributed by atoms with Crippen LogP contribution >= 0.6 is 0 Å². The fraction of sp³-hybridized carbons (Fsp3) is 0.600. The monoisotopic (exact) mass is 1410 g/mol. The second-order valence-corrected chi connectivity index (χ2v) is 23.6. The third-order valence-corrected chi connectivity index (χ3v) is 14.4. The van der Waals surface area contributed by atoms with Crippen LogP contribution in [0.1, 0.15) is 129 Å². The molecule has 0 heterocycles. The number of unbranched alkanes of at least 4 members (excludes halogenated alkanes) is 1. The van der Waals surface area contributed by atoms with E-state index >= 15 is 0 Å². The van der Waals surface area contributed by atoms with Gasteiger partial charge in [-0.05, 0) is 87.7 Å². The van der Waals surface area contributed by atoms with Gasteiger partial charge in [0.05, 0.1) is 57.6 Å². The molecule has 0 radical (unpaired) electrons. The van der Waals surface area contributed by atoms with E-state index in [1.54, 1.807) is 74.9 Å². The predicted octanol–water partition coefficient (Wildman–Crippen LogP) is 5.29. The third-order valence-electron chi connectivity index (χ3n) is 14.4. The van der Waals surface area contributed by atoms with Crippen molar-refractivity contribution in [2.24, 2.45) is 23.7 Å². The first-order valence-electron chi connectivity index (χ1n) is 33.5. The Kier molecular flexibility index (Phi) is 52.7. The first-order valence-corrected chi connectivity index (χ1v) is 33.5. The Bertz CT molecular complexity index is 2740. The molecule has 2 aromatic rings. The van der Waals surface area contributed by atoms with E-state index in [0.717, 1.165) is 11.1 Å². The zero-order chi connectivity index (χ0) is 74.9. The molecule has 2 rings (SSSR count). The summed E-state index contributed by atoms with van der Waals surface area (Å²) in [4.78, 5) is 185. The number of ether oxygens (including phenoxy) is 6. The molecule has 0 aliphatic carbocycles. The Hall–Kier alpha value is -9.00. The smallest absolute Gasteiger partial charge is 0.446 e. The zero-order valence-corrected chi connectivity index (χ0v) is 59.2. The summed E-state index contributed by atoms with van der Waals surface area (Å²) in [5, 5.41) is 20.4. The maximum Gasteiger partial charge on any atom is 0.450 e. The average Bonchev–Trinajstić information content (AvgIpc) is 0.882. The van der Waals surface area contributed by atoms with Crippen molar-refractivity contribution in [2.75, 3.05) is 99.8 Å². The van der Waals surface area contributed by atoms with Crippen LogP contribution in [0.3, 0.4) is 0 Å². The Morgan fingerprint density at radius 2 is 0.830 bits per heavy atom. The van der Waals surface area contributed by atoms with Gasteiger partial charge in [-0.3, -0.25) is 43.2 Å². The second-order valence-electron chi connectivity index (χ2n) is 23.6. The number of carbonyl (C=O) groups is 14. The molecule has 0 bridgehead atoms. The van der Waals surface area contributed by atoms with E-state index < -0.39 is 110 Å². The fourth-order valence-corrected chi connectivity index (χ4v) is 9.38. The van der Waals surface area contributed by atoms with E-state index in [1.165, 1.54) is 6.92 Å². The summed E-state index contributed by atoms with van der Waals surface area (Å²) in [7, 11) is 3.14. The summed E-state index contributed by atoms with van der Waals surface area (Å²) in [6, 6.07) is 15.0. The molecule has 5 atom stereocenters. The molecule has 0 saturated carbocycles. The summed E-state index contributed by atoms with van der Waals surface area (Å²) in [5.74, 6) is -5.79. The molecule has 560 valence electrons. The quantitative estimate of drug-likeness (QED) is 0.0180. The zero-order valence-electron chi connectivity index (χ0n) is 59.2. The highest BCUT2D eigenvalue weighted by Gasteiger charge is 2.31. The second kappa shape index (κ2) is 57.9. The van der Waals surface area contributed by atoms with Crippen LogP contribution in [0.4, 0.5) is 19.2 Å². The van der Waals surface area contributed by atoms with Crippen LogP contribution in [0.5, 0.6) is 0 Å². The number of Topliss-reactive ketones (excluding diaryl/α,β-unsaturated/α-hetero) is 5. The van der Waals surface area contributed by atoms with Crippen LogP contribution in [-0.4, -0.2) is 202 Å². The van der Waals surface area contributed by atoms with Gasteiger partial charge in [0.1, 0.15) is 20.0 Å². The largest absolute Gasteiger partial charge is 0.450 e. The maximum atomic E-state index is 13.8. The van der Waals surface area contributed by atoms with Gasteiger partial charge in [0.25, 0.3) is 0 Å². The highest BCUT2D eigenvalue weighted by molar-refractivity contribution is 5.95. The Morgan fingerprint density at radius 1 is 0.430 bits per heavy atom. The predicted molar refractivity (Wildman–Crippen MR) is 368 cm³/mol. The van der Waals surface area contributed by atoms with Crippen molar-refractivity contribution in [2.45, 2.75) is 149 Å². The molecule has 30 heteroatoms. The lowest BCUT2D eigenvalue weighted by Crippen LogP contribution is -2.46. The standard InChI is InChI=1S/C67H102N8O21.C2H4.CH2O/c1-46(2)38-56(58(79)23-25-60(81)68-28-16-30-91-34-32-89-6)73-62(83)51(40-49-18-10-8-11-19-49)42-53(77)44-71-64(85)93-36-37-94-67(88)75-55(48(5)76)22-14-15-27-70-65(86)95-96-66(87)72-45-54(78)43-52(41-50-20-12-9-13-21-50)63(84)74-57(39-47(3)4)59(80)24-26-61(82)69-29-17-31-92-35-33-90-7;2*1-2/h8-13,18-21,46-47,51-52,55-57H,14-17,22-45H2,1-7H3,(H,68,81)(H,69,82)(H,70,86)(H,71,85)(H,72,87)(H,73,83)(H,74,84)(H,75,88);1-2H2;1H2. The van der Waals surface area contributed by atoms with Gasteiger partial charge in [-0.2, -0.15) is 0 Å². The third kappa shape index (κ3) is 47.1. The molecule has 8 amide bonds. The highest BCUT2D eigenvalue weighted by atomic mass is 17.2. The number of methoxy groups -OCH3 is 2. The summed E-state index contributed by atoms with van der Waals surface area (Å²) in [5.41, 5.74) is 1.50. The summed E-state index contributed by atoms with van der Waals surface area (Å²) in [6.07, 6.45) is -2.77. The molecule has 0 aromatic heterocycles. The molecule has 0 spiro atoms. The van der Waals surface area contributed by atoms with E-state index in [9.17, 15) is 62.3 Å². The van der Waals surface area contributed by atoms with Gasteiger partial charge >= 0.3 is 24.4 Å². The Labute approximate surface area is 586 Å². The lowest BCUT2D eigenvalue weighted by Gasteiger charge is -2.23. The first-order chi connectivity index (χ1) is 48.0. The normalized spacial score (nSPS) is 12.1. The molecule has 8 N–H and O–H groups in total. The molecule has 0 fully saturated rings. The van der Waals surface area contributed by atoms with Crippen molar-refractivity contribution in [3.05, 3.63) is 84.9 Å². The number of benzene rings is 2. The molecule has 5 unspecified atom stereocenters. The van der Waals surface area contributed by atoms with Crippen molar-refractivity contribution in [3.8, 4) is 0 Å². The molecule has 2 aromatic carbocycles. The van der Waals surface area contributed by atoms with Crippen molar-refractivity contribution in [1.29, 1.82) is 0 Å². The topological polar surface area (TPSA) is 409 Å². The van der Waals surface area contributed by atoms with E-state index in [0.29, 0.717) is 78.4 Å². The van der Waals surface area contributed by atoms with Gasteiger partial charge in [0.2, 0.25) is 23.6 Å². The molecule has 0 aliphatic rings. The number of rotatable bonds is 52. The van der Waals surface area contributed by atoms with Crippen molar-refractivity contribution in [1.82, 2.24) is 42.5 Å². The van der Waals surface area contributed by atoms with Crippen LogP contribution in [-0.2, 0) is 99.0 Å². The Morgan fingerprint density at radius 3 is 1.24 bits per heavy atom. The minimum Gasteiger partial charge on any atom is -0.446 e. The van der Waals surface area contributed by atoms with Gasteiger partial charge in [-0.1, -0.05) is 88.4 Å². The Balaban J connectivity index is 0.0000240. The van der Waals surface area contributed by atoms with E-state index in [2.05, 4.69) is 65.5 Å². The molecule has 0 aliphatic heterocycles. The summed E-state index contributed by atoms with van der Waals surface area (Å²) >= 11 is 0. The van der Waals surface area contributed by atoms with Gasteiger partial charge in [-0.15, -0.1) is 13.2 Å². The van der Waals surface area contributed by atoms with Crippen LogP contribution in [0.25, 0.3) is 0 Å². The van der Waals surface area contributed by atoms with E-state index in [4.69, 9.17) is 33.2 Å². The first kappa shape index (κ1) is 91.0. The lowest BCUT2D eigenvalue weighted by molar-refractivity contribution is -0.178. The van der Waals surface area contributed by atoms with Gasteiger partial charge in [-0.25, -0.2) is 29.0 Å². The number of nitrogens with one attached hydrogen (secondary N) is 8. The molecule has 30 nitrogen and oxygen atoms in total. The SMILES string of the molecule is C=C.C=O.COCCOCCCNC(=O)CCC(=O)C(CC(C)C)NC(=O)C(CC(=O)CNC(=O)OCCOC(=O)NC(CCCCNC(=O)OOC(=O)NCC(=O)CC(Cc1ccccc1)C(=O)NC(CC(C)C)C(=O)CCC(=O)NCCCOCCOC)C(C)=O)Cc1ccccc1. The molecular formula is C70H108N8O22. The van der Waals surface area contributed by atoms with Crippen LogP contribution in [0.2, 0.25) is 0 Å². The van der Waals surface area contributed by atoms with E-state index in [1.807, 2.05) is 34.5 Å². The number of hydrogen-bond acceptors (Lipinski definition) is 22. The number of amides is 8. The van der Waals surface area contributed by atoms with Crippen molar-refractivity contribution < 1.29 is 105 Å². The van der Waals surface area contributed by atoms with Crippen LogP contribution in [0, 0.1) is 23.7 Å². The summed E-state index contributed by atoms with van der Waals surface area (Å²) in [6.45, 7) is 18.2. The van der Waals surface area contributed by atoms with Crippen molar-refractivity contribution in [3.63, 3.8) is 0 Å². The van der Waals surface area contributed by atoms with Gasteiger partial charge in [0, 0.05) is 97.4 Å². The number of hydrogen-bond donors (Lipinski definition) is 8. The number of carbonyl (C=O) groups excluding carboxylic acids is 14. The molecule has 100 heavy (non-hydrogen) atoms. The number of alkyl carbamates (subject to hydrolysis) is 2. The van der Waals surface area contributed by atoms with Gasteiger partial charge < -0.3 is 75.8 Å². The van der Waals surface area contributed by atoms with Gasteiger partial charge in [0.15, 0.2) is 28.9 Å². The molecule has 0 saturated heterocycles. The average molecular weight is 1410 g/mol. The maximum absolute atomic E-state index is 13.8. The molecular weight excluding hydrogens is 1300 g/mol. The van der Waals surface area contributed by atoms with Crippen LogP contribution < -0.4 is 42.5 Å². The van der Waals surface area contributed by atoms with Crippen molar-refractivity contribution >= 4 is 83.7 Å². The lowest BCUT2D eigenvalue weighted by atomic mass is 9.91. The minimum atomic E-state index is -1.29. The number of ketones is 5. The summed E-state index contributed by atoms with van der Waals surface area (Å²) < 4.78 is 30.7. The fourth-order valence-electron chi connectivity index (χ4n) is 9.38. The minimum absolute atomic E-state index is 0.00335. The van der Waals surface area contributed by atoms with Crippen LogP contribution in [0.15, 0.2) is 73.8 Å².